The van der Waals surface area contributed by atoms with Gasteiger partial charge >= 0.3 is 0 Å². The summed E-state index contributed by atoms with van der Waals surface area (Å²) >= 11 is 0. The zero-order valence-electron chi connectivity index (χ0n) is 6.40. The Labute approximate surface area is 68.2 Å². The lowest BCUT2D eigenvalue weighted by Crippen LogP contribution is -2.19. The van der Waals surface area contributed by atoms with E-state index in [-0.39, 0.29) is 5.56 Å². The quantitative estimate of drug-likeness (QED) is 0.678. The minimum absolute atomic E-state index is 0.280. The third-order valence-electron chi connectivity index (χ3n) is 1.42. The van der Waals surface area contributed by atoms with Crippen molar-refractivity contribution in [1.82, 2.24) is 5.32 Å². The first-order chi connectivity index (χ1) is 5.66. The first kappa shape index (κ1) is 8.64. The number of carbonyl (C=O) groups is 1. The summed E-state index contributed by atoms with van der Waals surface area (Å²) in [6, 6.07) is 3.46. The fraction of sp³-hybridized carbons (Fsp3) is 0.125. The van der Waals surface area contributed by atoms with Gasteiger partial charge in [0, 0.05) is 7.05 Å². The Hall–Kier alpha value is -1.45. The Morgan fingerprint density at radius 1 is 1.42 bits per heavy atom. The Bertz CT molecular complexity index is 312. The Balaban J connectivity index is 3.16. The topological polar surface area (TPSA) is 29.1 Å². The molecule has 0 unspecified atom stereocenters. The summed E-state index contributed by atoms with van der Waals surface area (Å²) in [5.74, 6) is -2.76. The van der Waals surface area contributed by atoms with Gasteiger partial charge in [0.2, 0.25) is 0 Å². The first-order valence-corrected chi connectivity index (χ1v) is 3.33. The Morgan fingerprint density at radius 2 is 2.08 bits per heavy atom. The van der Waals surface area contributed by atoms with E-state index in [2.05, 4.69) is 5.32 Å². The van der Waals surface area contributed by atoms with Crippen LogP contribution in [0, 0.1) is 11.6 Å². The molecule has 0 aliphatic carbocycles. The molecule has 0 radical (unpaired) electrons. The third-order valence-corrected chi connectivity index (χ3v) is 1.42. The molecule has 1 rings (SSSR count). The molecule has 0 atom stereocenters. The van der Waals surface area contributed by atoms with Crippen molar-refractivity contribution in [3.05, 3.63) is 35.4 Å². The molecule has 4 heteroatoms. The number of rotatable bonds is 1. The molecule has 1 aromatic carbocycles. The van der Waals surface area contributed by atoms with Gasteiger partial charge in [0.05, 0.1) is 5.56 Å². The van der Waals surface area contributed by atoms with E-state index in [1.54, 1.807) is 0 Å². The first-order valence-electron chi connectivity index (χ1n) is 3.33. The summed E-state index contributed by atoms with van der Waals surface area (Å²) in [7, 11) is 1.35. The lowest BCUT2D eigenvalue weighted by Gasteiger charge is -2.00. The van der Waals surface area contributed by atoms with Crippen molar-refractivity contribution in [3.8, 4) is 0 Å². The van der Waals surface area contributed by atoms with Crippen molar-refractivity contribution in [2.75, 3.05) is 7.05 Å². The zero-order chi connectivity index (χ0) is 9.14. The number of nitrogens with one attached hydrogen (secondary N) is 1. The van der Waals surface area contributed by atoms with Crippen LogP contribution >= 0.6 is 0 Å². The van der Waals surface area contributed by atoms with E-state index in [9.17, 15) is 13.6 Å². The van der Waals surface area contributed by atoms with Gasteiger partial charge in [-0.2, -0.15) is 0 Å². The second-order valence-corrected chi connectivity index (χ2v) is 2.18. The van der Waals surface area contributed by atoms with Crippen LogP contribution in [0.2, 0.25) is 0 Å². The molecule has 0 saturated carbocycles. The van der Waals surface area contributed by atoms with Gasteiger partial charge in [-0.1, -0.05) is 6.07 Å². The summed E-state index contributed by atoms with van der Waals surface area (Å²) < 4.78 is 25.3. The van der Waals surface area contributed by atoms with Gasteiger partial charge < -0.3 is 5.32 Å². The Kier molecular flexibility index (Phi) is 2.38. The molecule has 1 N–H and O–H groups in total. The number of carbonyl (C=O) groups excluding carboxylic acids is 1. The number of halogens is 2. The van der Waals surface area contributed by atoms with Gasteiger partial charge in [-0.3, -0.25) is 4.79 Å². The monoisotopic (exact) mass is 171 g/mol. The van der Waals surface area contributed by atoms with Crippen LogP contribution in [0.4, 0.5) is 8.78 Å². The molecule has 64 valence electrons. The Morgan fingerprint density at radius 3 is 2.67 bits per heavy atom. The standard InChI is InChI=1S/C8H7F2NO/c1-11-8(12)5-3-2-4-6(9)7(5)10/h2-4H,1H3,(H,11,12). The fourth-order valence-corrected chi connectivity index (χ4v) is 0.814. The van der Waals surface area contributed by atoms with Crippen molar-refractivity contribution in [2.24, 2.45) is 0 Å². The highest BCUT2D eigenvalue weighted by atomic mass is 19.2. The van der Waals surface area contributed by atoms with Gasteiger partial charge in [-0.25, -0.2) is 8.78 Å². The molecule has 0 aliphatic rings. The average molecular weight is 171 g/mol. The van der Waals surface area contributed by atoms with Gasteiger partial charge in [0.25, 0.3) is 5.91 Å². The largest absolute Gasteiger partial charge is 0.355 e. The molecule has 0 bridgehead atoms. The zero-order valence-corrected chi connectivity index (χ0v) is 6.40. The van der Waals surface area contributed by atoms with Crippen LogP contribution in [0.1, 0.15) is 10.4 Å². The van der Waals surface area contributed by atoms with Gasteiger partial charge in [-0.15, -0.1) is 0 Å². The molecule has 12 heavy (non-hydrogen) atoms. The van der Waals surface area contributed by atoms with E-state index >= 15 is 0 Å². The molecular weight excluding hydrogens is 164 g/mol. The van der Waals surface area contributed by atoms with E-state index in [0.29, 0.717) is 0 Å². The van der Waals surface area contributed by atoms with Crippen LogP contribution in [-0.4, -0.2) is 13.0 Å². The molecule has 0 saturated heterocycles. The molecule has 0 aliphatic heterocycles. The second-order valence-electron chi connectivity index (χ2n) is 2.18. The summed E-state index contributed by atoms with van der Waals surface area (Å²) in [4.78, 5) is 10.9. The highest BCUT2D eigenvalue weighted by Crippen LogP contribution is 2.10. The number of hydrogen-bond acceptors (Lipinski definition) is 1. The molecule has 0 aromatic heterocycles. The smallest absolute Gasteiger partial charge is 0.254 e. The molecule has 1 aromatic rings. The van der Waals surface area contributed by atoms with Crippen LogP contribution < -0.4 is 5.32 Å². The van der Waals surface area contributed by atoms with Crippen molar-refractivity contribution in [3.63, 3.8) is 0 Å². The summed E-state index contributed by atoms with van der Waals surface area (Å²) in [5, 5.41) is 2.20. The maximum Gasteiger partial charge on any atom is 0.254 e. The molecule has 2 nitrogen and oxygen atoms in total. The molecule has 1 amide bonds. The van der Waals surface area contributed by atoms with E-state index < -0.39 is 17.5 Å². The normalized spacial score (nSPS) is 9.58. The van der Waals surface area contributed by atoms with Crippen LogP contribution in [0.15, 0.2) is 18.2 Å². The van der Waals surface area contributed by atoms with Crippen molar-refractivity contribution < 1.29 is 13.6 Å². The number of hydrogen-bond donors (Lipinski definition) is 1. The van der Waals surface area contributed by atoms with Crippen molar-refractivity contribution in [1.29, 1.82) is 0 Å². The predicted molar refractivity (Wildman–Crippen MR) is 39.7 cm³/mol. The number of benzene rings is 1. The highest BCUT2D eigenvalue weighted by Gasteiger charge is 2.12. The molecule has 0 fully saturated rings. The average Bonchev–Trinajstić information content (AvgIpc) is 2.08. The van der Waals surface area contributed by atoms with Crippen LogP contribution in [0.25, 0.3) is 0 Å². The second kappa shape index (κ2) is 3.30. The fourth-order valence-electron chi connectivity index (χ4n) is 0.814. The van der Waals surface area contributed by atoms with Crippen LogP contribution in [0.3, 0.4) is 0 Å². The molecule has 0 heterocycles. The van der Waals surface area contributed by atoms with Crippen LogP contribution in [0.5, 0.6) is 0 Å². The summed E-state index contributed by atoms with van der Waals surface area (Å²) in [6.07, 6.45) is 0. The maximum atomic E-state index is 12.8. The minimum atomic E-state index is -1.11. The van der Waals surface area contributed by atoms with Crippen LogP contribution in [-0.2, 0) is 0 Å². The van der Waals surface area contributed by atoms with Gasteiger partial charge in [0.1, 0.15) is 0 Å². The number of amides is 1. The molecular formula is C8H7F2NO. The lowest BCUT2D eigenvalue weighted by molar-refractivity contribution is 0.0958. The van der Waals surface area contributed by atoms with Crippen molar-refractivity contribution >= 4 is 5.91 Å². The lowest BCUT2D eigenvalue weighted by atomic mass is 10.2. The minimum Gasteiger partial charge on any atom is -0.355 e. The highest BCUT2D eigenvalue weighted by molar-refractivity contribution is 5.94. The van der Waals surface area contributed by atoms with E-state index in [1.165, 1.54) is 19.2 Å². The van der Waals surface area contributed by atoms with Crippen molar-refractivity contribution in [2.45, 2.75) is 0 Å². The SMILES string of the molecule is CNC(=O)c1cccc(F)c1F. The summed E-state index contributed by atoms with van der Waals surface area (Å²) in [6.45, 7) is 0. The van der Waals surface area contributed by atoms with Gasteiger partial charge in [-0.05, 0) is 12.1 Å². The van der Waals surface area contributed by atoms with E-state index in [1.807, 2.05) is 0 Å². The van der Waals surface area contributed by atoms with Gasteiger partial charge in [0.15, 0.2) is 11.6 Å². The molecule has 0 spiro atoms. The summed E-state index contributed by atoms with van der Waals surface area (Å²) in [5.41, 5.74) is -0.280. The third kappa shape index (κ3) is 1.42. The maximum absolute atomic E-state index is 12.8. The predicted octanol–water partition coefficient (Wildman–Crippen LogP) is 1.32. The van der Waals surface area contributed by atoms with E-state index in [4.69, 9.17) is 0 Å². The van der Waals surface area contributed by atoms with E-state index in [0.717, 1.165) is 6.07 Å².